The van der Waals surface area contributed by atoms with Crippen LogP contribution in [0.2, 0.25) is 0 Å². The smallest absolute Gasteiger partial charge is 0.228 e. The Morgan fingerprint density at radius 1 is 1.04 bits per heavy atom. The third-order valence-corrected chi connectivity index (χ3v) is 4.80. The number of aryl methyl sites for hydroxylation is 2. The van der Waals surface area contributed by atoms with E-state index in [1.54, 1.807) is 0 Å². The summed E-state index contributed by atoms with van der Waals surface area (Å²) in [6, 6.07) is 13.5. The van der Waals surface area contributed by atoms with Crippen molar-refractivity contribution in [2.75, 3.05) is 18.4 Å². The van der Waals surface area contributed by atoms with E-state index in [9.17, 15) is 9.59 Å². The Kier molecular flexibility index (Phi) is 6.19. The predicted molar refractivity (Wildman–Crippen MR) is 105 cm³/mol. The van der Waals surface area contributed by atoms with Crippen molar-refractivity contribution in [3.8, 4) is 0 Å². The molecule has 0 unspecified atom stereocenters. The van der Waals surface area contributed by atoms with Gasteiger partial charge in [0, 0.05) is 24.5 Å². The number of carbonyl (C=O) groups is 2. The van der Waals surface area contributed by atoms with E-state index in [4.69, 9.17) is 0 Å². The van der Waals surface area contributed by atoms with Crippen molar-refractivity contribution < 1.29 is 9.59 Å². The van der Waals surface area contributed by atoms with Crippen LogP contribution in [0.25, 0.3) is 0 Å². The number of aromatic nitrogens is 1. The molecule has 142 valence electrons. The first-order valence-corrected chi connectivity index (χ1v) is 9.30. The van der Waals surface area contributed by atoms with Crippen molar-refractivity contribution in [1.82, 2.24) is 15.6 Å². The summed E-state index contributed by atoms with van der Waals surface area (Å²) >= 11 is 0. The molecule has 0 radical (unpaired) electrons. The first kappa shape index (κ1) is 19.0. The summed E-state index contributed by atoms with van der Waals surface area (Å²) in [4.78, 5) is 29.4. The molecule has 2 aromatic rings. The summed E-state index contributed by atoms with van der Waals surface area (Å²) in [5, 5.41) is 9.09. The van der Waals surface area contributed by atoms with Crippen LogP contribution >= 0.6 is 0 Å². The molecule has 6 nitrogen and oxygen atoms in total. The van der Waals surface area contributed by atoms with Gasteiger partial charge in [-0.25, -0.2) is 0 Å². The van der Waals surface area contributed by atoms with Crippen molar-refractivity contribution >= 4 is 17.5 Å². The van der Waals surface area contributed by atoms with Gasteiger partial charge in [-0.1, -0.05) is 23.8 Å². The van der Waals surface area contributed by atoms with E-state index < -0.39 is 0 Å². The van der Waals surface area contributed by atoms with Crippen LogP contribution in [0.4, 0.5) is 5.69 Å². The number of piperidine rings is 1. The zero-order valence-electron chi connectivity index (χ0n) is 15.8. The topological polar surface area (TPSA) is 83.1 Å². The Hall–Kier alpha value is -2.73. The molecule has 2 heterocycles. The van der Waals surface area contributed by atoms with Gasteiger partial charge in [0.15, 0.2) is 0 Å². The lowest BCUT2D eigenvalue weighted by Gasteiger charge is -2.28. The van der Waals surface area contributed by atoms with Gasteiger partial charge in [-0.2, -0.15) is 0 Å². The van der Waals surface area contributed by atoms with Crippen LogP contribution in [-0.2, 0) is 16.1 Å². The molecule has 1 aromatic heterocycles. The Balaban J connectivity index is 1.52. The highest BCUT2D eigenvalue weighted by Crippen LogP contribution is 2.19. The van der Waals surface area contributed by atoms with Gasteiger partial charge >= 0.3 is 0 Å². The molecule has 1 aliphatic rings. The van der Waals surface area contributed by atoms with Crippen molar-refractivity contribution in [2.24, 2.45) is 11.8 Å². The Morgan fingerprint density at radius 2 is 1.74 bits per heavy atom. The van der Waals surface area contributed by atoms with Crippen molar-refractivity contribution in [1.29, 1.82) is 0 Å². The highest BCUT2D eigenvalue weighted by Gasteiger charge is 2.31. The van der Waals surface area contributed by atoms with E-state index in [0.717, 1.165) is 22.6 Å². The van der Waals surface area contributed by atoms with Gasteiger partial charge in [-0.3, -0.25) is 14.6 Å². The zero-order valence-corrected chi connectivity index (χ0v) is 15.8. The van der Waals surface area contributed by atoms with Crippen LogP contribution in [0.3, 0.4) is 0 Å². The van der Waals surface area contributed by atoms with Gasteiger partial charge in [-0.15, -0.1) is 0 Å². The minimum atomic E-state index is -0.229. The molecule has 3 N–H and O–H groups in total. The van der Waals surface area contributed by atoms with Crippen LogP contribution < -0.4 is 16.0 Å². The number of carbonyl (C=O) groups excluding carboxylic acids is 2. The highest BCUT2D eigenvalue weighted by molar-refractivity contribution is 5.93. The normalized spacial score (nSPS) is 19.3. The molecule has 0 aliphatic carbocycles. The first-order chi connectivity index (χ1) is 13.0. The number of amides is 2. The fourth-order valence-electron chi connectivity index (χ4n) is 3.24. The Morgan fingerprint density at radius 3 is 2.44 bits per heavy atom. The van der Waals surface area contributed by atoms with Crippen molar-refractivity contribution in [2.45, 2.75) is 26.8 Å². The van der Waals surface area contributed by atoms with E-state index in [-0.39, 0.29) is 23.7 Å². The summed E-state index contributed by atoms with van der Waals surface area (Å²) in [7, 11) is 0. The van der Waals surface area contributed by atoms with Crippen LogP contribution in [0.5, 0.6) is 0 Å². The molecular formula is C21H26N4O2. The summed E-state index contributed by atoms with van der Waals surface area (Å²) in [6.07, 6.45) is 0.539. The summed E-state index contributed by atoms with van der Waals surface area (Å²) in [5.74, 6) is -0.548. The maximum absolute atomic E-state index is 12.5. The second-order valence-corrected chi connectivity index (χ2v) is 7.13. The second-order valence-electron chi connectivity index (χ2n) is 7.13. The Bertz CT molecular complexity index is 804. The maximum atomic E-state index is 12.5. The lowest BCUT2D eigenvalue weighted by molar-refractivity contribution is -0.127. The first-order valence-electron chi connectivity index (χ1n) is 9.30. The van der Waals surface area contributed by atoms with Crippen LogP contribution in [0.15, 0.2) is 42.5 Å². The SMILES string of the molecule is Cc1ccc(NC(=O)[C@@H]2CNC[C@H](C(=O)NCc3cccc(C)n3)C2)cc1. The summed E-state index contributed by atoms with van der Waals surface area (Å²) in [6.45, 7) is 5.50. The molecule has 1 aromatic carbocycles. The molecule has 2 amide bonds. The molecule has 3 rings (SSSR count). The second kappa shape index (κ2) is 8.77. The number of nitrogens with one attached hydrogen (secondary N) is 3. The van der Waals surface area contributed by atoms with Gasteiger partial charge in [-0.05, 0) is 44.5 Å². The summed E-state index contributed by atoms with van der Waals surface area (Å²) in [5.41, 5.74) is 3.68. The number of anilines is 1. The largest absolute Gasteiger partial charge is 0.350 e. The van der Waals surface area contributed by atoms with Gasteiger partial charge < -0.3 is 16.0 Å². The zero-order chi connectivity index (χ0) is 19.2. The number of pyridine rings is 1. The lowest BCUT2D eigenvalue weighted by Crippen LogP contribution is -2.47. The molecular weight excluding hydrogens is 340 g/mol. The molecule has 0 bridgehead atoms. The number of benzene rings is 1. The lowest BCUT2D eigenvalue weighted by atomic mass is 9.89. The van der Waals surface area contributed by atoms with E-state index in [1.165, 1.54) is 0 Å². The maximum Gasteiger partial charge on any atom is 0.228 e. The quantitative estimate of drug-likeness (QED) is 0.757. The van der Waals surface area contributed by atoms with E-state index in [2.05, 4.69) is 20.9 Å². The molecule has 0 spiro atoms. The van der Waals surface area contributed by atoms with E-state index >= 15 is 0 Å². The average Bonchev–Trinajstić information content (AvgIpc) is 2.68. The number of hydrogen-bond donors (Lipinski definition) is 3. The minimum absolute atomic E-state index is 0.0429. The van der Waals surface area contributed by atoms with Gasteiger partial charge in [0.1, 0.15) is 0 Å². The van der Waals surface area contributed by atoms with Gasteiger partial charge in [0.2, 0.25) is 11.8 Å². The molecule has 1 aliphatic heterocycles. The number of nitrogens with zero attached hydrogens (tertiary/aromatic N) is 1. The third kappa shape index (κ3) is 5.37. The summed E-state index contributed by atoms with van der Waals surface area (Å²) < 4.78 is 0. The van der Waals surface area contributed by atoms with Crippen LogP contribution in [-0.4, -0.2) is 29.9 Å². The van der Waals surface area contributed by atoms with Crippen molar-refractivity contribution in [3.63, 3.8) is 0 Å². The van der Waals surface area contributed by atoms with Crippen molar-refractivity contribution in [3.05, 3.63) is 59.4 Å². The standard InChI is InChI=1S/C21H26N4O2/c1-14-6-8-18(9-7-14)25-21(27)17-10-16(11-22-12-17)20(26)23-13-19-5-3-4-15(2)24-19/h3-9,16-17,22H,10-13H2,1-2H3,(H,23,26)(H,25,27)/t16-,17+/m1/s1. The molecule has 1 saturated heterocycles. The monoisotopic (exact) mass is 366 g/mol. The Labute approximate surface area is 159 Å². The highest BCUT2D eigenvalue weighted by atomic mass is 16.2. The fourth-order valence-corrected chi connectivity index (χ4v) is 3.24. The fraction of sp³-hybridized carbons (Fsp3) is 0.381. The van der Waals surface area contributed by atoms with Gasteiger partial charge in [0.05, 0.1) is 24.1 Å². The number of rotatable bonds is 5. The van der Waals surface area contributed by atoms with Crippen LogP contribution in [0.1, 0.15) is 23.4 Å². The van der Waals surface area contributed by atoms with Crippen LogP contribution in [0, 0.1) is 25.7 Å². The number of hydrogen-bond acceptors (Lipinski definition) is 4. The molecule has 2 atom stereocenters. The van der Waals surface area contributed by atoms with E-state index in [1.807, 2.05) is 56.3 Å². The molecule has 6 heteroatoms. The predicted octanol–water partition coefficient (Wildman–Crippen LogP) is 2.18. The van der Waals surface area contributed by atoms with Gasteiger partial charge in [0.25, 0.3) is 0 Å². The average molecular weight is 366 g/mol. The molecule has 27 heavy (non-hydrogen) atoms. The van der Waals surface area contributed by atoms with E-state index in [0.29, 0.717) is 26.1 Å². The molecule has 0 saturated carbocycles. The molecule has 1 fully saturated rings. The minimum Gasteiger partial charge on any atom is -0.350 e. The third-order valence-electron chi connectivity index (χ3n) is 4.80.